The van der Waals surface area contributed by atoms with E-state index in [1.807, 2.05) is 0 Å². The molecule has 0 amide bonds. The van der Waals surface area contributed by atoms with E-state index >= 15 is 0 Å². The molecule has 1 nitrogen and oxygen atoms in total. The van der Waals surface area contributed by atoms with Crippen molar-refractivity contribution in [1.29, 1.82) is 0 Å². The Morgan fingerprint density at radius 3 is 1.12 bits per heavy atom. The molecule has 0 atom stereocenters. The van der Waals surface area contributed by atoms with Crippen LogP contribution in [0.3, 0.4) is 0 Å². The Bertz CT molecular complexity index is 4450. The number of para-hydroxylation sites is 1. The first kappa shape index (κ1) is 43.9. The van der Waals surface area contributed by atoms with Gasteiger partial charge >= 0.3 is 0 Å². The van der Waals surface area contributed by atoms with Gasteiger partial charge in [-0.15, -0.1) is 0 Å². The minimum Gasteiger partial charge on any atom is -0.310 e. The molecular weight excluding hydrogens is 903 g/mol. The lowest BCUT2D eigenvalue weighted by molar-refractivity contribution is 1.29. The van der Waals surface area contributed by atoms with Crippen LogP contribution in [0.5, 0.6) is 0 Å². The number of nitrogens with zero attached hydrogens (tertiary/aromatic N) is 1. The van der Waals surface area contributed by atoms with Crippen LogP contribution in [0.2, 0.25) is 0 Å². The van der Waals surface area contributed by atoms with Crippen LogP contribution in [0.15, 0.2) is 285 Å². The molecule has 0 aliphatic carbocycles. The molecule has 0 unspecified atom stereocenters. The van der Waals surface area contributed by atoms with Crippen molar-refractivity contribution in [3.63, 3.8) is 0 Å². The Balaban J connectivity index is 0.940. The fourth-order valence-corrected chi connectivity index (χ4v) is 11.7. The predicted molar refractivity (Wildman–Crippen MR) is 323 cm³/mol. The number of hydrogen-bond donors (Lipinski definition) is 0. The molecular formula is C74H49N. The topological polar surface area (TPSA) is 3.24 Å². The van der Waals surface area contributed by atoms with Crippen LogP contribution in [0.4, 0.5) is 17.1 Å². The fourth-order valence-electron chi connectivity index (χ4n) is 11.7. The molecule has 0 aliphatic rings. The van der Waals surface area contributed by atoms with Crippen molar-refractivity contribution in [2.45, 2.75) is 0 Å². The molecule has 14 rings (SSSR count). The van der Waals surface area contributed by atoms with Gasteiger partial charge in [-0.25, -0.2) is 0 Å². The maximum absolute atomic E-state index is 2.43. The summed E-state index contributed by atoms with van der Waals surface area (Å²) < 4.78 is 0. The van der Waals surface area contributed by atoms with Gasteiger partial charge in [-0.3, -0.25) is 0 Å². The van der Waals surface area contributed by atoms with Crippen molar-refractivity contribution in [3.8, 4) is 44.5 Å². The molecule has 0 heterocycles. The molecule has 75 heavy (non-hydrogen) atoms. The Morgan fingerprint density at radius 2 is 0.573 bits per heavy atom. The quantitative estimate of drug-likeness (QED) is 0.103. The third-order valence-corrected chi connectivity index (χ3v) is 15.1. The second kappa shape index (κ2) is 18.7. The summed E-state index contributed by atoms with van der Waals surface area (Å²) in [5, 5.41) is 14.8. The summed E-state index contributed by atoms with van der Waals surface area (Å²) in [7, 11) is 0. The van der Waals surface area contributed by atoms with E-state index in [0.717, 1.165) is 17.1 Å². The summed E-state index contributed by atoms with van der Waals surface area (Å²) in [6, 6.07) is 105. The lowest BCUT2D eigenvalue weighted by Crippen LogP contribution is -2.10. The predicted octanol–water partition coefficient (Wildman–Crippen LogP) is 20.9. The summed E-state index contributed by atoms with van der Waals surface area (Å²) >= 11 is 0. The average molecular weight is 952 g/mol. The zero-order valence-corrected chi connectivity index (χ0v) is 41.2. The number of anilines is 3. The van der Waals surface area contributed by atoms with Gasteiger partial charge in [-0.1, -0.05) is 243 Å². The minimum atomic E-state index is 1.08. The lowest BCUT2D eigenvalue weighted by Gasteiger charge is -2.27. The second-order valence-electron chi connectivity index (χ2n) is 19.6. The number of rotatable bonds is 9. The van der Waals surface area contributed by atoms with Gasteiger partial charge in [-0.05, 0) is 175 Å². The highest BCUT2D eigenvalue weighted by molar-refractivity contribution is 6.24. The van der Waals surface area contributed by atoms with Crippen LogP contribution in [0.25, 0.3) is 121 Å². The molecule has 0 bridgehead atoms. The highest BCUT2D eigenvalue weighted by Gasteiger charge is 2.22. The third kappa shape index (κ3) is 7.90. The molecule has 0 saturated carbocycles. The first-order valence-corrected chi connectivity index (χ1v) is 25.9. The molecule has 0 fully saturated rings. The molecule has 0 aromatic heterocycles. The first-order valence-electron chi connectivity index (χ1n) is 25.9. The molecule has 350 valence electrons. The van der Waals surface area contributed by atoms with Gasteiger partial charge < -0.3 is 4.90 Å². The number of fused-ring (bicyclic) bond motifs is 6. The van der Waals surface area contributed by atoms with Crippen LogP contribution in [0, 0.1) is 0 Å². The van der Waals surface area contributed by atoms with Crippen molar-refractivity contribution < 1.29 is 0 Å². The van der Waals surface area contributed by atoms with Gasteiger partial charge in [0.05, 0.1) is 0 Å². The Labute approximate surface area is 437 Å². The summed E-state index contributed by atoms with van der Waals surface area (Å²) in [5.41, 5.74) is 15.4. The monoisotopic (exact) mass is 951 g/mol. The summed E-state index contributed by atoms with van der Waals surface area (Å²) in [4.78, 5) is 2.41. The average Bonchev–Trinajstić information content (AvgIpc) is 3.49. The summed E-state index contributed by atoms with van der Waals surface area (Å²) in [6.07, 6.45) is 4.40. The van der Waals surface area contributed by atoms with Crippen molar-refractivity contribution in [3.05, 3.63) is 296 Å². The SMILES string of the molecule is C(=Cc1cccc(-c2c3ccccc3c(-c3ccc(N(c4ccccc4)c4ccc5c(-c6ccc7ccccc7c6)c6ccccc6c(-c6ccc7ccccc7c6)c5c4)cc3)c3ccccc23)c1)c1ccccc1. The zero-order valence-electron chi connectivity index (χ0n) is 41.2. The van der Waals surface area contributed by atoms with E-state index in [1.165, 1.54) is 120 Å². The van der Waals surface area contributed by atoms with E-state index in [-0.39, 0.29) is 0 Å². The van der Waals surface area contributed by atoms with Crippen molar-refractivity contribution in [1.82, 2.24) is 0 Å². The van der Waals surface area contributed by atoms with Crippen molar-refractivity contribution in [2.24, 2.45) is 0 Å². The lowest BCUT2D eigenvalue weighted by atomic mass is 9.85. The van der Waals surface area contributed by atoms with Gasteiger partial charge in [0, 0.05) is 17.1 Å². The summed E-state index contributed by atoms with van der Waals surface area (Å²) in [5.74, 6) is 0. The molecule has 0 saturated heterocycles. The van der Waals surface area contributed by atoms with Crippen molar-refractivity contribution in [2.75, 3.05) is 4.90 Å². The Kier molecular flexibility index (Phi) is 10.9. The largest absolute Gasteiger partial charge is 0.310 e. The van der Waals surface area contributed by atoms with Gasteiger partial charge in [0.1, 0.15) is 0 Å². The number of hydrogen-bond acceptors (Lipinski definition) is 1. The third-order valence-electron chi connectivity index (χ3n) is 15.1. The maximum Gasteiger partial charge on any atom is 0.0468 e. The molecule has 14 aromatic carbocycles. The van der Waals surface area contributed by atoms with E-state index in [9.17, 15) is 0 Å². The Morgan fingerprint density at radius 1 is 0.200 bits per heavy atom. The van der Waals surface area contributed by atoms with Crippen LogP contribution in [-0.4, -0.2) is 0 Å². The molecule has 0 spiro atoms. The van der Waals surface area contributed by atoms with Gasteiger partial charge in [0.2, 0.25) is 0 Å². The zero-order chi connectivity index (χ0) is 49.7. The van der Waals surface area contributed by atoms with Crippen LogP contribution in [-0.2, 0) is 0 Å². The molecule has 0 aliphatic heterocycles. The highest BCUT2D eigenvalue weighted by atomic mass is 15.1. The van der Waals surface area contributed by atoms with E-state index in [1.54, 1.807) is 0 Å². The summed E-state index contributed by atoms with van der Waals surface area (Å²) in [6.45, 7) is 0. The second-order valence-corrected chi connectivity index (χ2v) is 19.6. The standard InChI is InChI=1S/C74H49N/c1-3-18-50(19-4-1)34-35-51-20-17-25-57(46-51)72-65-30-13-11-28-63(65)71(64-29-12-14-31-66(64)72)54-40-42-61(43-41-54)75(60-26-5-2-6-27-60)62-44-45-69-70(49-62)74(59-39-37-53-22-8-10-24-56(53)48-59)68-33-16-15-32-67(68)73(69)58-38-36-52-21-7-9-23-55(52)47-58/h1-49H. The smallest absolute Gasteiger partial charge is 0.0468 e. The van der Waals surface area contributed by atoms with Crippen LogP contribution in [0.1, 0.15) is 11.1 Å². The molecule has 0 N–H and O–H groups in total. The van der Waals surface area contributed by atoms with Crippen LogP contribution >= 0.6 is 0 Å². The highest BCUT2D eigenvalue weighted by Crippen LogP contribution is 2.49. The van der Waals surface area contributed by atoms with Gasteiger partial charge in [0.15, 0.2) is 0 Å². The molecule has 1 heteroatoms. The minimum absolute atomic E-state index is 1.08. The first-order chi connectivity index (χ1) is 37.2. The fraction of sp³-hybridized carbons (Fsp3) is 0. The Hall–Kier alpha value is -9.82. The number of benzene rings is 14. The van der Waals surface area contributed by atoms with E-state index in [0.29, 0.717) is 0 Å². The van der Waals surface area contributed by atoms with Gasteiger partial charge in [0.25, 0.3) is 0 Å². The van der Waals surface area contributed by atoms with Crippen molar-refractivity contribution >= 4 is 93.8 Å². The van der Waals surface area contributed by atoms with E-state index < -0.39 is 0 Å². The van der Waals surface area contributed by atoms with Crippen LogP contribution < -0.4 is 4.90 Å². The maximum atomic E-state index is 2.43. The molecule has 0 radical (unpaired) electrons. The van der Waals surface area contributed by atoms with Gasteiger partial charge in [-0.2, -0.15) is 0 Å². The molecule has 14 aromatic rings. The van der Waals surface area contributed by atoms with E-state index in [4.69, 9.17) is 0 Å². The normalized spacial score (nSPS) is 11.7. The van der Waals surface area contributed by atoms with E-state index in [2.05, 4.69) is 302 Å².